The Labute approximate surface area is 113 Å². The van der Waals surface area contributed by atoms with Crippen LogP contribution in [0.5, 0.6) is 0 Å². The summed E-state index contributed by atoms with van der Waals surface area (Å²) in [5, 5.41) is 10.2. The fourth-order valence-electron chi connectivity index (χ4n) is 3.03. The Balaban J connectivity index is 1.56. The standard InChI is InChI=1S/C14H22N2O3/c1-9(2)14(19)7-15(8-14)13(18)10-5-12(17)16(6-10)11-3-4-11/h9-11,19H,3-8H2,1-2H3. The predicted molar refractivity (Wildman–Crippen MR) is 69.2 cm³/mol. The molecule has 5 heteroatoms. The lowest BCUT2D eigenvalue weighted by molar-refractivity contribution is -0.167. The van der Waals surface area contributed by atoms with Gasteiger partial charge >= 0.3 is 0 Å². The van der Waals surface area contributed by atoms with Crippen molar-refractivity contribution in [1.82, 2.24) is 9.80 Å². The van der Waals surface area contributed by atoms with Gasteiger partial charge in [-0.25, -0.2) is 0 Å². The highest BCUT2D eigenvalue weighted by Crippen LogP contribution is 2.35. The molecule has 0 aromatic carbocycles. The first-order valence-electron chi connectivity index (χ1n) is 7.21. The Morgan fingerprint density at radius 2 is 2.00 bits per heavy atom. The van der Waals surface area contributed by atoms with Crippen LogP contribution in [0.25, 0.3) is 0 Å². The third kappa shape index (κ3) is 2.14. The molecule has 0 aromatic rings. The molecule has 3 fully saturated rings. The monoisotopic (exact) mass is 266 g/mol. The summed E-state index contributed by atoms with van der Waals surface area (Å²) in [4.78, 5) is 27.7. The maximum atomic E-state index is 12.3. The van der Waals surface area contributed by atoms with Crippen LogP contribution in [0.15, 0.2) is 0 Å². The average molecular weight is 266 g/mol. The van der Waals surface area contributed by atoms with Gasteiger partial charge in [-0.05, 0) is 18.8 Å². The molecule has 2 saturated heterocycles. The van der Waals surface area contributed by atoms with E-state index < -0.39 is 5.60 Å². The Bertz CT molecular complexity index is 411. The molecule has 1 aliphatic carbocycles. The molecule has 1 unspecified atom stereocenters. The van der Waals surface area contributed by atoms with Crippen LogP contribution in [-0.2, 0) is 9.59 Å². The molecule has 0 bridgehead atoms. The van der Waals surface area contributed by atoms with Crippen molar-refractivity contribution in [1.29, 1.82) is 0 Å². The Morgan fingerprint density at radius 1 is 1.37 bits per heavy atom. The Morgan fingerprint density at radius 3 is 2.53 bits per heavy atom. The van der Waals surface area contributed by atoms with Crippen molar-refractivity contribution in [3.8, 4) is 0 Å². The Hall–Kier alpha value is -1.10. The van der Waals surface area contributed by atoms with Crippen molar-refractivity contribution in [2.75, 3.05) is 19.6 Å². The van der Waals surface area contributed by atoms with Crippen LogP contribution in [0, 0.1) is 11.8 Å². The minimum absolute atomic E-state index is 0.0434. The smallest absolute Gasteiger partial charge is 0.228 e. The molecule has 2 heterocycles. The van der Waals surface area contributed by atoms with Crippen molar-refractivity contribution in [2.45, 2.75) is 44.8 Å². The first-order valence-corrected chi connectivity index (χ1v) is 7.21. The minimum Gasteiger partial charge on any atom is -0.386 e. The molecule has 2 amide bonds. The van der Waals surface area contributed by atoms with Gasteiger partial charge < -0.3 is 14.9 Å². The van der Waals surface area contributed by atoms with Crippen molar-refractivity contribution in [2.24, 2.45) is 11.8 Å². The first-order chi connectivity index (χ1) is 8.90. The zero-order chi connectivity index (χ0) is 13.8. The van der Waals surface area contributed by atoms with E-state index in [1.807, 2.05) is 18.7 Å². The lowest BCUT2D eigenvalue weighted by atomic mass is 9.82. The van der Waals surface area contributed by atoms with Gasteiger partial charge in [0.2, 0.25) is 11.8 Å². The molecule has 5 nitrogen and oxygen atoms in total. The molecule has 1 atom stereocenters. The molecule has 0 aromatic heterocycles. The highest BCUT2D eigenvalue weighted by molar-refractivity contribution is 5.90. The fraction of sp³-hybridized carbons (Fsp3) is 0.857. The van der Waals surface area contributed by atoms with E-state index >= 15 is 0 Å². The van der Waals surface area contributed by atoms with E-state index in [0.29, 0.717) is 32.1 Å². The van der Waals surface area contributed by atoms with Gasteiger partial charge in [0.15, 0.2) is 0 Å². The zero-order valence-electron chi connectivity index (χ0n) is 11.6. The molecule has 106 valence electrons. The number of hydrogen-bond donors (Lipinski definition) is 1. The van der Waals surface area contributed by atoms with E-state index in [1.54, 1.807) is 4.90 Å². The summed E-state index contributed by atoms with van der Waals surface area (Å²) in [6, 6.07) is 0.397. The average Bonchev–Trinajstić information content (AvgIpc) is 3.07. The van der Waals surface area contributed by atoms with Crippen LogP contribution in [-0.4, -0.2) is 58.0 Å². The topological polar surface area (TPSA) is 60.9 Å². The second kappa shape index (κ2) is 4.20. The van der Waals surface area contributed by atoms with Crippen LogP contribution < -0.4 is 0 Å². The third-order valence-electron chi connectivity index (χ3n) is 4.81. The maximum Gasteiger partial charge on any atom is 0.228 e. The van der Waals surface area contributed by atoms with Crippen LogP contribution in [0.2, 0.25) is 0 Å². The number of hydrogen-bond acceptors (Lipinski definition) is 3. The molecular formula is C14H22N2O3. The normalized spacial score (nSPS) is 29.9. The largest absolute Gasteiger partial charge is 0.386 e. The van der Waals surface area contributed by atoms with E-state index in [0.717, 1.165) is 12.8 Å². The number of amides is 2. The van der Waals surface area contributed by atoms with Crippen LogP contribution in [0.4, 0.5) is 0 Å². The summed E-state index contributed by atoms with van der Waals surface area (Å²) >= 11 is 0. The maximum absolute atomic E-state index is 12.3. The molecule has 1 N–H and O–H groups in total. The third-order valence-corrected chi connectivity index (χ3v) is 4.81. The summed E-state index contributed by atoms with van der Waals surface area (Å²) in [5.74, 6) is 0.136. The highest BCUT2D eigenvalue weighted by Gasteiger charge is 2.49. The summed E-state index contributed by atoms with van der Waals surface area (Å²) in [6.45, 7) is 5.35. The van der Waals surface area contributed by atoms with Gasteiger partial charge in [0.05, 0.1) is 19.0 Å². The number of rotatable bonds is 3. The number of carbonyl (C=O) groups is 2. The Kier molecular flexibility index (Phi) is 2.85. The summed E-state index contributed by atoms with van der Waals surface area (Å²) in [6.07, 6.45) is 2.53. The van der Waals surface area contributed by atoms with Crippen molar-refractivity contribution in [3.05, 3.63) is 0 Å². The van der Waals surface area contributed by atoms with Crippen LogP contribution in [0.3, 0.4) is 0 Å². The lowest BCUT2D eigenvalue weighted by Crippen LogP contribution is -2.66. The van der Waals surface area contributed by atoms with E-state index in [4.69, 9.17) is 0 Å². The molecule has 3 rings (SSSR count). The molecule has 0 spiro atoms. The summed E-state index contributed by atoms with van der Waals surface area (Å²) in [5.41, 5.74) is -0.728. The second-order valence-corrected chi connectivity index (χ2v) is 6.63. The van der Waals surface area contributed by atoms with Crippen molar-refractivity contribution in [3.63, 3.8) is 0 Å². The van der Waals surface area contributed by atoms with Crippen LogP contribution >= 0.6 is 0 Å². The van der Waals surface area contributed by atoms with Gasteiger partial charge in [0, 0.05) is 19.0 Å². The number of likely N-dealkylation sites (tertiary alicyclic amines) is 2. The number of aliphatic hydroxyl groups is 1. The van der Waals surface area contributed by atoms with E-state index in [1.165, 1.54) is 0 Å². The minimum atomic E-state index is -0.728. The van der Waals surface area contributed by atoms with E-state index in [9.17, 15) is 14.7 Å². The first kappa shape index (κ1) is 12.9. The molecule has 1 saturated carbocycles. The van der Waals surface area contributed by atoms with Gasteiger partial charge in [-0.3, -0.25) is 9.59 Å². The van der Waals surface area contributed by atoms with Crippen molar-refractivity contribution < 1.29 is 14.7 Å². The van der Waals surface area contributed by atoms with Gasteiger partial charge in [0.25, 0.3) is 0 Å². The zero-order valence-corrected chi connectivity index (χ0v) is 11.6. The number of nitrogens with zero attached hydrogens (tertiary/aromatic N) is 2. The van der Waals surface area contributed by atoms with Gasteiger partial charge in [-0.1, -0.05) is 13.8 Å². The van der Waals surface area contributed by atoms with Gasteiger partial charge in [-0.15, -0.1) is 0 Å². The molecular weight excluding hydrogens is 244 g/mol. The van der Waals surface area contributed by atoms with Crippen molar-refractivity contribution >= 4 is 11.8 Å². The molecule has 19 heavy (non-hydrogen) atoms. The van der Waals surface area contributed by atoms with Gasteiger partial charge in [-0.2, -0.15) is 0 Å². The quantitative estimate of drug-likeness (QED) is 0.795. The molecule has 0 radical (unpaired) electrons. The number of carbonyl (C=O) groups excluding carboxylic acids is 2. The van der Waals surface area contributed by atoms with Crippen LogP contribution in [0.1, 0.15) is 33.1 Å². The van der Waals surface area contributed by atoms with Gasteiger partial charge in [0.1, 0.15) is 5.60 Å². The summed E-state index contributed by atoms with van der Waals surface area (Å²) in [7, 11) is 0. The lowest BCUT2D eigenvalue weighted by Gasteiger charge is -2.49. The molecule has 3 aliphatic rings. The summed E-state index contributed by atoms with van der Waals surface area (Å²) < 4.78 is 0. The van der Waals surface area contributed by atoms with E-state index in [2.05, 4.69) is 0 Å². The number of β-amino-alcohol motifs (C(OH)–C–C–N with tert-alkyl or cyclic N) is 1. The predicted octanol–water partition coefficient (Wildman–Crippen LogP) is 0.227. The highest BCUT2D eigenvalue weighted by atomic mass is 16.3. The molecule has 2 aliphatic heterocycles. The van der Waals surface area contributed by atoms with E-state index in [-0.39, 0.29) is 23.7 Å². The fourth-order valence-corrected chi connectivity index (χ4v) is 3.03. The SMILES string of the molecule is CC(C)C1(O)CN(C(=O)C2CC(=O)N(C3CC3)C2)C1. The second-order valence-electron chi connectivity index (χ2n) is 6.63.